The average Bonchev–Trinajstić information content (AvgIpc) is 2.79. The normalized spacial score (nSPS) is 26.5. The quantitative estimate of drug-likeness (QED) is 0.830. The van der Waals surface area contributed by atoms with Gasteiger partial charge in [-0.2, -0.15) is 4.98 Å². The highest BCUT2D eigenvalue weighted by Gasteiger charge is 2.47. The number of thioether (sulfide) groups is 1. The van der Waals surface area contributed by atoms with Crippen molar-refractivity contribution in [2.45, 2.75) is 24.5 Å². The Morgan fingerprint density at radius 1 is 1.84 bits per heavy atom. The van der Waals surface area contributed by atoms with Gasteiger partial charge in [-0.05, 0) is 6.42 Å². The van der Waals surface area contributed by atoms with Crippen molar-refractivity contribution < 1.29 is 19.0 Å². The summed E-state index contributed by atoms with van der Waals surface area (Å²) in [6.45, 7) is 1.66. The molecule has 1 saturated heterocycles. The second-order valence-corrected chi connectivity index (χ2v) is 5.24. The predicted molar refractivity (Wildman–Crippen MR) is 66.1 cm³/mol. The van der Waals surface area contributed by atoms with E-state index in [-0.39, 0.29) is 12.2 Å². The molecule has 2 rings (SSSR count). The van der Waals surface area contributed by atoms with Crippen LogP contribution in [-0.2, 0) is 9.53 Å². The minimum atomic E-state index is -1.41. The lowest BCUT2D eigenvalue weighted by atomic mass is 10.3. The predicted octanol–water partition coefficient (Wildman–Crippen LogP) is 0.418. The lowest BCUT2D eigenvalue weighted by Crippen LogP contribution is -2.36. The largest absolute Gasteiger partial charge is 0.478 e. The Hall–Kier alpha value is -1.61. The maximum Gasteiger partial charge on any atom is 0.351 e. The monoisotopic (exact) mass is 289 g/mol. The first kappa shape index (κ1) is 13.8. The lowest BCUT2D eigenvalue weighted by Gasteiger charge is -2.22. The van der Waals surface area contributed by atoms with E-state index in [9.17, 15) is 14.0 Å². The van der Waals surface area contributed by atoms with Crippen LogP contribution in [0.3, 0.4) is 0 Å². The third-order valence-electron chi connectivity index (χ3n) is 2.82. The highest BCUT2D eigenvalue weighted by Crippen LogP contribution is 2.43. The van der Waals surface area contributed by atoms with Gasteiger partial charge in [0.25, 0.3) is 0 Å². The molecule has 19 heavy (non-hydrogen) atoms. The third-order valence-corrected chi connectivity index (χ3v) is 4.30. The van der Waals surface area contributed by atoms with Crippen LogP contribution in [0.25, 0.3) is 0 Å². The zero-order valence-corrected chi connectivity index (χ0v) is 10.8. The minimum Gasteiger partial charge on any atom is -0.478 e. The van der Waals surface area contributed by atoms with Gasteiger partial charge < -0.3 is 15.6 Å². The molecule has 0 aliphatic carbocycles. The topological polar surface area (TPSA) is 107 Å². The summed E-state index contributed by atoms with van der Waals surface area (Å²) in [5, 5.41) is 9.15. The van der Waals surface area contributed by atoms with Crippen LogP contribution in [0.2, 0.25) is 0 Å². The van der Waals surface area contributed by atoms with Gasteiger partial charge in [-0.25, -0.2) is 14.0 Å². The number of anilines is 1. The number of hydrogen-bond acceptors (Lipinski definition) is 6. The van der Waals surface area contributed by atoms with Crippen LogP contribution in [-0.4, -0.2) is 31.3 Å². The number of carboxylic acid groups (broad SMARTS) is 1. The maximum absolute atomic E-state index is 13.3. The number of carbonyl (C=O) groups is 1. The highest BCUT2D eigenvalue weighted by molar-refractivity contribution is 8.01. The molecule has 1 aliphatic rings. The first-order valence-corrected chi connectivity index (χ1v) is 6.47. The molecular formula is C10H12FN3O4S. The van der Waals surface area contributed by atoms with Gasteiger partial charge >= 0.3 is 11.7 Å². The molecule has 0 unspecified atom stereocenters. The van der Waals surface area contributed by atoms with Gasteiger partial charge in [0.05, 0.1) is 6.20 Å². The molecule has 9 heteroatoms. The number of aliphatic carboxylic acids is 1. The lowest BCUT2D eigenvalue weighted by molar-refractivity contribution is -0.160. The van der Waals surface area contributed by atoms with Crippen LogP contribution in [0.15, 0.2) is 11.0 Å². The second-order valence-electron chi connectivity index (χ2n) is 3.96. The molecule has 7 nitrogen and oxygen atoms in total. The smallest absolute Gasteiger partial charge is 0.351 e. The van der Waals surface area contributed by atoms with E-state index in [1.165, 1.54) is 0 Å². The van der Waals surface area contributed by atoms with Crippen LogP contribution in [0, 0.1) is 5.82 Å². The Labute approximate surface area is 111 Å². The summed E-state index contributed by atoms with van der Waals surface area (Å²) in [5.74, 6) is -2.26. The van der Waals surface area contributed by atoms with Crippen molar-refractivity contribution in [2.24, 2.45) is 0 Å². The number of nitrogens with two attached hydrogens (primary N) is 1. The van der Waals surface area contributed by atoms with E-state index in [4.69, 9.17) is 15.6 Å². The fourth-order valence-corrected chi connectivity index (χ4v) is 2.89. The van der Waals surface area contributed by atoms with E-state index in [1.807, 2.05) is 0 Å². The molecule has 0 aromatic carbocycles. The molecule has 0 amide bonds. The number of aromatic nitrogens is 2. The van der Waals surface area contributed by atoms with Gasteiger partial charge in [-0.1, -0.05) is 6.92 Å². The summed E-state index contributed by atoms with van der Waals surface area (Å²) < 4.78 is 19.6. The summed E-state index contributed by atoms with van der Waals surface area (Å²) in [7, 11) is 0. The molecule has 1 fully saturated rings. The fraction of sp³-hybridized carbons (Fsp3) is 0.500. The second kappa shape index (κ2) is 4.82. The Kier molecular flexibility index (Phi) is 3.50. The standard InChI is InChI=1S/C10H12FN3O4S/c1-2-10(8(15)16)18-6(4-19-10)14-3-5(11)7(12)13-9(14)17/h3,6H,2,4H2,1H3,(H,15,16)(H2,12,13,17)/t6-,10+/m1/s1. The van der Waals surface area contributed by atoms with E-state index < -0.39 is 34.5 Å². The Balaban J connectivity index is 2.34. The Morgan fingerprint density at radius 3 is 3.05 bits per heavy atom. The van der Waals surface area contributed by atoms with Gasteiger partial charge in [0, 0.05) is 5.75 Å². The number of rotatable bonds is 3. The Bertz CT molecular complexity index is 578. The van der Waals surface area contributed by atoms with E-state index in [2.05, 4.69) is 4.98 Å². The van der Waals surface area contributed by atoms with Gasteiger partial charge in [0.15, 0.2) is 11.6 Å². The van der Waals surface area contributed by atoms with Gasteiger partial charge in [0.1, 0.15) is 6.23 Å². The number of ether oxygens (including phenoxy) is 1. The molecule has 104 valence electrons. The molecule has 0 spiro atoms. The van der Waals surface area contributed by atoms with Crippen LogP contribution < -0.4 is 11.4 Å². The van der Waals surface area contributed by atoms with Crippen LogP contribution in [0.4, 0.5) is 10.2 Å². The number of nitrogen functional groups attached to an aromatic ring is 1. The Morgan fingerprint density at radius 2 is 2.53 bits per heavy atom. The summed E-state index contributed by atoms with van der Waals surface area (Å²) in [4.78, 5) is 24.7. The fourth-order valence-electron chi connectivity index (χ4n) is 1.74. The molecule has 3 N–H and O–H groups in total. The molecule has 2 heterocycles. The van der Waals surface area contributed by atoms with E-state index in [1.54, 1.807) is 6.92 Å². The van der Waals surface area contributed by atoms with Gasteiger partial charge in [-0.3, -0.25) is 4.57 Å². The van der Waals surface area contributed by atoms with Crippen LogP contribution >= 0.6 is 11.8 Å². The zero-order chi connectivity index (χ0) is 14.2. The molecule has 2 atom stereocenters. The molecule has 1 aliphatic heterocycles. The third kappa shape index (κ3) is 2.30. The van der Waals surface area contributed by atoms with Crippen molar-refractivity contribution in [3.63, 3.8) is 0 Å². The van der Waals surface area contributed by atoms with Crippen molar-refractivity contribution >= 4 is 23.5 Å². The van der Waals surface area contributed by atoms with Crippen molar-refractivity contribution in [1.29, 1.82) is 0 Å². The van der Waals surface area contributed by atoms with Crippen LogP contribution in [0.1, 0.15) is 19.6 Å². The number of halogens is 1. The number of nitrogens with zero attached hydrogens (tertiary/aromatic N) is 2. The molecule has 1 aromatic heterocycles. The summed E-state index contributed by atoms with van der Waals surface area (Å²) in [6, 6.07) is 0. The number of hydrogen-bond donors (Lipinski definition) is 2. The minimum absolute atomic E-state index is 0.213. The van der Waals surface area contributed by atoms with Crippen molar-refractivity contribution in [3.8, 4) is 0 Å². The van der Waals surface area contributed by atoms with Gasteiger partial charge in [0.2, 0.25) is 4.93 Å². The summed E-state index contributed by atoms with van der Waals surface area (Å²) in [5.41, 5.74) is 4.40. The molecular weight excluding hydrogens is 277 g/mol. The molecule has 0 saturated carbocycles. The molecule has 0 radical (unpaired) electrons. The summed E-state index contributed by atoms with van der Waals surface area (Å²) >= 11 is 1.06. The SMILES string of the molecule is CC[C@]1(C(=O)O)O[C@@H](n2cc(F)c(N)nc2=O)CS1. The maximum atomic E-state index is 13.3. The number of carboxylic acids is 1. The van der Waals surface area contributed by atoms with Crippen molar-refractivity contribution in [3.05, 3.63) is 22.5 Å². The highest BCUT2D eigenvalue weighted by atomic mass is 32.2. The van der Waals surface area contributed by atoms with E-state index >= 15 is 0 Å². The zero-order valence-electron chi connectivity index (χ0n) is 10.00. The van der Waals surface area contributed by atoms with Crippen LogP contribution in [0.5, 0.6) is 0 Å². The van der Waals surface area contributed by atoms with E-state index in [0.29, 0.717) is 0 Å². The molecule has 1 aromatic rings. The summed E-state index contributed by atoms with van der Waals surface area (Å²) in [6.07, 6.45) is 0.225. The van der Waals surface area contributed by atoms with Crippen molar-refractivity contribution in [1.82, 2.24) is 9.55 Å². The van der Waals surface area contributed by atoms with Crippen molar-refractivity contribution in [2.75, 3.05) is 11.5 Å². The molecule has 0 bridgehead atoms. The first-order valence-electron chi connectivity index (χ1n) is 5.49. The average molecular weight is 289 g/mol. The first-order chi connectivity index (χ1) is 8.89. The van der Waals surface area contributed by atoms with E-state index in [0.717, 1.165) is 22.5 Å². The van der Waals surface area contributed by atoms with Gasteiger partial charge in [-0.15, -0.1) is 11.8 Å².